The van der Waals surface area contributed by atoms with Crippen molar-refractivity contribution in [1.29, 1.82) is 0 Å². The number of hydrogen-bond donors (Lipinski definition) is 2. The molecule has 2 heterocycles. The fourth-order valence-corrected chi connectivity index (χ4v) is 1.35. The zero-order chi connectivity index (χ0) is 9.97. The van der Waals surface area contributed by atoms with Gasteiger partial charge in [0.2, 0.25) is 0 Å². The van der Waals surface area contributed by atoms with Crippen LogP contribution in [0.15, 0.2) is 23.5 Å². The summed E-state index contributed by atoms with van der Waals surface area (Å²) in [5, 5.41) is 11.9. The molecule has 1 aliphatic rings. The first-order chi connectivity index (χ1) is 6.79. The molecule has 5 nitrogen and oxygen atoms in total. The second kappa shape index (κ2) is 3.45. The smallest absolute Gasteiger partial charge is 0.338 e. The first-order valence-electron chi connectivity index (χ1n) is 4.25. The molecule has 72 valence electrons. The predicted octanol–water partition coefficient (Wildman–Crippen LogP) is 0.130. The Morgan fingerprint density at radius 3 is 3.07 bits per heavy atom. The highest BCUT2D eigenvalue weighted by molar-refractivity contribution is 6.07. The van der Waals surface area contributed by atoms with Gasteiger partial charge in [-0.15, -0.1) is 0 Å². The Morgan fingerprint density at radius 2 is 2.43 bits per heavy atom. The molecule has 0 aliphatic carbocycles. The molecule has 0 fully saturated rings. The zero-order valence-corrected chi connectivity index (χ0v) is 7.40. The first-order valence-corrected chi connectivity index (χ1v) is 4.25. The number of carboxylic acids is 1. The summed E-state index contributed by atoms with van der Waals surface area (Å²) in [6.45, 7) is 1.45. The summed E-state index contributed by atoms with van der Waals surface area (Å²) >= 11 is 0. The van der Waals surface area contributed by atoms with Gasteiger partial charge in [0.05, 0.1) is 12.1 Å². The van der Waals surface area contributed by atoms with Crippen LogP contribution < -0.4 is 5.32 Å². The Morgan fingerprint density at radius 1 is 1.57 bits per heavy atom. The highest BCUT2D eigenvalue weighted by atomic mass is 16.4. The summed E-state index contributed by atoms with van der Waals surface area (Å²) in [5.41, 5.74) is 0.783. The summed E-state index contributed by atoms with van der Waals surface area (Å²) < 4.78 is 0. The average Bonchev–Trinajstić information content (AvgIpc) is 2.70. The van der Waals surface area contributed by atoms with Crippen molar-refractivity contribution in [3.63, 3.8) is 0 Å². The number of pyridine rings is 1. The predicted molar refractivity (Wildman–Crippen MR) is 50.6 cm³/mol. The number of aromatic carboxylic acids is 1. The summed E-state index contributed by atoms with van der Waals surface area (Å²) in [7, 11) is 0. The number of amidine groups is 1. The van der Waals surface area contributed by atoms with Crippen molar-refractivity contribution in [1.82, 2.24) is 10.3 Å². The molecule has 1 aromatic heterocycles. The Labute approximate surface area is 80.5 Å². The van der Waals surface area contributed by atoms with Gasteiger partial charge in [0.25, 0.3) is 0 Å². The third-order valence-electron chi connectivity index (χ3n) is 1.98. The Bertz CT molecular complexity index is 401. The lowest BCUT2D eigenvalue weighted by Gasteiger charge is -2.04. The van der Waals surface area contributed by atoms with Crippen molar-refractivity contribution in [3.05, 3.63) is 29.6 Å². The largest absolute Gasteiger partial charge is 0.478 e. The van der Waals surface area contributed by atoms with E-state index in [1.807, 2.05) is 0 Å². The number of hydrogen-bond acceptors (Lipinski definition) is 4. The second-order valence-corrected chi connectivity index (χ2v) is 2.88. The Balaban J connectivity index is 2.46. The number of rotatable bonds is 2. The van der Waals surface area contributed by atoms with Crippen LogP contribution >= 0.6 is 0 Å². The van der Waals surface area contributed by atoms with Crippen molar-refractivity contribution < 1.29 is 9.90 Å². The van der Waals surface area contributed by atoms with E-state index in [-0.39, 0.29) is 5.56 Å². The Kier molecular flexibility index (Phi) is 2.14. The number of nitrogens with zero attached hydrogens (tertiary/aromatic N) is 2. The van der Waals surface area contributed by atoms with Gasteiger partial charge < -0.3 is 10.4 Å². The lowest BCUT2D eigenvalue weighted by Crippen LogP contribution is -2.22. The summed E-state index contributed by atoms with van der Waals surface area (Å²) in [6.07, 6.45) is 2.89. The average molecular weight is 191 g/mol. The van der Waals surface area contributed by atoms with Crippen molar-refractivity contribution in [2.45, 2.75) is 0 Å². The summed E-state index contributed by atoms with van der Waals surface area (Å²) in [4.78, 5) is 18.8. The standard InChI is InChI=1S/C9H9N3O2/c13-9(14)7-5-10-2-1-6(7)8-11-3-4-12-8/h1-2,5H,3-4H2,(H,11,12)(H,13,14). The molecule has 14 heavy (non-hydrogen) atoms. The maximum atomic E-state index is 10.9. The van der Waals surface area contributed by atoms with Crippen molar-refractivity contribution in [2.75, 3.05) is 13.1 Å². The molecule has 5 heteroatoms. The van der Waals surface area contributed by atoms with Crippen LogP contribution in [0.4, 0.5) is 0 Å². The second-order valence-electron chi connectivity index (χ2n) is 2.88. The van der Waals surface area contributed by atoms with Gasteiger partial charge in [0.15, 0.2) is 0 Å². The van der Waals surface area contributed by atoms with E-state index in [1.54, 1.807) is 12.3 Å². The van der Waals surface area contributed by atoms with E-state index in [2.05, 4.69) is 15.3 Å². The summed E-state index contributed by atoms with van der Waals surface area (Å²) in [6, 6.07) is 1.65. The van der Waals surface area contributed by atoms with Crippen LogP contribution in [0.1, 0.15) is 15.9 Å². The molecule has 0 bridgehead atoms. The van der Waals surface area contributed by atoms with Crippen LogP contribution in [-0.4, -0.2) is 35.0 Å². The maximum Gasteiger partial charge on any atom is 0.338 e. The first kappa shape index (κ1) is 8.68. The minimum atomic E-state index is -0.982. The van der Waals surface area contributed by atoms with Crippen LogP contribution in [-0.2, 0) is 0 Å². The number of nitrogens with one attached hydrogen (secondary N) is 1. The zero-order valence-electron chi connectivity index (χ0n) is 7.40. The van der Waals surface area contributed by atoms with Gasteiger partial charge in [-0.2, -0.15) is 0 Å². The number of aromatic nitrogens is 1. The fraction of sp³-hybridized carbons (Fsp3) is 0.222. The lowest BCUT2D eigenvalue weighted by molar-refractivity contribution is 0.0696. The minimum Gasteiger partial charge on any atom is -0.478 e. The molecule has 0 spiro atoms. The van der Waals surface area contributed by atoms with Gasteiger partial charge in [0, 0.05) is 24.5 Å². The summed E-state index contributed by atoms with van der Waals surface area (Å²) in [5.74, 6) is -0.339. The van der Waals surface area contributed by atoms with E-state index in [9.17, 15) is 4.79 Å². The van der Waals surface area contributed by atoms with E-state index in [4.69, 9.17) is 5.11 Å². The van der Waals surface area contributed by atoms with E-state index < -0.39 is 5.97 Å². The third kappa shape index (κ3) is 1.44. The highest BCUT2D eigenvalue weighted by Gasteiger charge is 2.16. The van der Waals surface area contributed by atoms with E-state index in [1.165, 1.54) is 6.20 Å². The molecular weight excluding hydrogens is 182 g/mol. The molecular formula is C9H9N3O2. The van der Waals surface area contributed by atoms with Gasteiger partial charge in [-0.25, -0.2) is 4.79 Å². The van der Waals surface area contributed by atoms with E-state index in [0.29, 0.717) is 17.9 Å². The molecule has 0 atom stereocenters. The van der Waals surface area contributed by atoms with Crippen LogP contribution in [0.5, 0.6) is 0 Å². The van der Waals surface area contributed by atoms with Gasteiger partial charge >= 0.3 is 5.97 Å². The number of carboxylic acid groups (broad SMARTS) is 1. The molecule has 0 unspecified atom stereocenters. The van der Waals surface area contributed by atoms with Crippen LogP contribution in [0.25, 0.3) is 0 Å². The maximum absolute atomic E-state index is 10.9. The molecule has 2 N–H and O–H groups in total. The normalized spacial score (nSPS) is 14.7. The third-order valence-corrected chi connectivity index (χ3v) is 1.98. The molecule has 1 aliphatic heterocycles. The topological polar surface area (TPSA) is 74.6 Å². The van der Waals surface area contributed by atoms with Crippen LogP contribution in [0.3, 0.4) is 0 Å². The molecule has 0 amide bonds. The molecule has 0 saturated heterocycles. The van der Waals surface area contributed by atoms with E-state index >= 15 is 0 Å². The Hall–Kier alpha value is -1.91. The van der Waals surface area contributed by atoms with Gasteiger partial charge in [-0.3, -0.25) is 9.98 Å². The SMILES string of the molecule is O=C(O)c1cnccc1C1=NCCN1. The molecule has 0 aromatic carbocycles. The molecule has 1 aromatic rings. The van der Waals surface area contributed by atoms with Crippen molar-refractivity contribution in [3.8, 4) is 0 Å². The number of carbonyl (C=O) groups is 1. The highest BCUT2D eigenvalue weighted by Crippen LogP contribution is 2.09. The van der Waals surface area contributed by atoms with E-state index in [0.717, 1.165) is 6.54 Å². The monoisotopic (exact) mass is 191 g/mol. The molecule has 0 radical (unpaired) electrons. The molecule has 0 saturated carbocycles. The van der Waals surface area contributed by atoms with Crippen LogP contribution in [0, 0.1) is 0 Å². The lowest BCUT2D eigenvalue weighted by atomic mass is 10.1. The van der Waals surface area contributed by atoms with Crippen molar-refractivity contribution >= 4 is 11.8 Å². The van der Waals surface area contributed by atoms with Gasteiger partial charge in [-0.1, -0.05) is 0 Å². The fourth-order valence-electron chi connectivity index (χ4n) is 1.35. The number of aliphatic imine (C=N–C) groups is 1. The minimum absolute atomic E-state index is 0.181. The van der Waals surface area contributed by atoms with Gasteiger partial charge in [-0.05, 0) is 6.07 Å². The molecule has 2 rings (SSSR count). The van der Waals surface area contributed by atoms with Crippen LogP contribution in [0.2, 0.25) is 0 Å². The van der Waals surface area contributed by atoms with Crippen molar-refractivity contribution in [2.24, 2.45) is 4.99 Å². The van der Waals surface area contributed by atoms with Gasteiger partial charge in [0.1, 0.15) is 5.84 Å². The quantitative estimate of drug-likeness (QED) is 0.696.